The average molecular weight is 406 g/mol. The van der Waals surface area contributed by atoms with Crippen LogP contribution in [-0.4, -0.2) is 34.2 Å². The van der Waals surface area contributed by atoms with Gasteiger partial charge in [0.15, 0.2) is 21.3 Å². The van der Waals surface area contributed by atoms with Crippen molar-refractivity contribution < 1.29 is 22.6 Å². The Bertz CT molecular complexity index is 1030. The Hall–Kier alpha value is -2.27. The van der Waals surface area contributed by atoms with E-state index < -0.39 is 26.4 Å². The van der Waals surface area contributed by atoms with Gasteiger partial charge in [-0.2, -0.15) is 5.26 Å². The third kappa shape index (κ3) is 2.76. The number of sulfone groups is 1. The lowest BCUT2D eigenvalue weighted by molar-refractivity contribution is 0.162. The fourth-order valence-corrected chi connectivity index (χ4v) is 6.22. The Labute approximate surface area is 162 Å². The minimum Gasteiger partial charge on any atom is -0.454 e. The zero-order valence-corrected chi connectivity index (χ0v) is 16.0. The molecule has 27 heavy (non-hydrogen) atoms. The van der Waals surface area contributed by atoms with Crippen LogP contribution in [0.2, 0.25) is 5.02 Å². The lowest BCUT2D eigenvalue weighted by Gasteiger charge is -2.08. The van der Waals surface area contributed by atoms with E-state index >= 15 is 0 Å². The molecule has 140 valence electrons. The second-order valence-electron chi connectivity index (χ2n) is 6.60. The molecule has 1 aliphatic heterocycles. The van der Waals surface area contributed by atoms with Crippen molar-refractivity contribution in [3.05, 3.63) is 53.1 Å². The number of rotatable bonds is 5. The second-order valence-corrected chi connectivity index (χ2v) is 9.10. The fourth-order valence-electron chi connectivity index (χ4n) is 3.79. The normalized spacial score (nSPS) is 25.8. The van der Waals surface area contributed by atoms with Crippen LogP contribution in [0.15, 0.2) is 47.4 Å². The highest BCUT2D eigenvalue weighted by Gasteiger charge is 2.72. The summed E-state index contributed by atoms with van der Waals surface area (Å²) >= 11 is 5.88. The van der Waals surface area contributed by atoms with Crippen LogP contribution in [0, 0.1) is 16.7 Å². The van der Waals surface area contributed by atoms with Gasteiger partial charge in [-0.05, 0) is 42.0 Å². The molecule has 0 N–H and O–H groups in total. The standard InChI is InChI=1S/C19H16ClNO5S/c1-24-10-19(9-21)17(12-2-7-15-16(8-12)26-11-25-15)18(19)27(22,23)14-5-3-13(20)4-6-14/h2-8,17-18H,10-11H2,1H3/t17-,18-,19+/m0/s1. The quantitative estimate of drug-likeness (QED) is 0.759. The maximum absolute atomic E-state index is 13.3. The van der Waals surface area contributed by atoms with Crippen molar-refractivity contribution >= 4 is 21.4 Å². The van der Waals surface area contributed by atoms with Crippen LogP contribution in [0.25, 0.3) is 0 Å². The molecule has 2 aliphatic rings. The number of halogens is 1. The lowest BCUT2D eigenvalue weighted by Crippen LogP contribution is -2.19. The van der Waals surface area contributed by atoms with Crippen molar-refractivity contribution in [3.63, 3.8) is 0 Å². The molecule has 8 heteroatoms. The lowest BCUT2D eigenvalue weighted by atomic mass is 10.0. The summed E-state index contributed by atoms with van der Waals surface area (Å²) in [5, 5.41) is 9.39. The second kappa shape index (κ2) is 6.41. The van der Waals surface area contributed by atoms with Gasteiger partial charge in [-0.25, -0.2) is 8.42 Å². The molecule has 6 nitrogen and oxygen atoms in total. The SMILES string of the molecule is COC[C@]1(C#N)[C@@H](c2ccc3c(c2)OCO3)[C@@H]1S(=O)(=O)c1ccc(Cl)cc1. The number of fused-ring (bicyclic) bond motifs is 1. The molecule has 0 radical (unpaired) electrons. The average Bonchev–Trinajstić information content (AvgIpc) is 3.10. The van der Waals surface area contributed by atoms with Crippen molar-refractivity contribution in [3.8, 4) is 17.6 Å². The van der Waals surface area contributed by atoms with Gasteiger partial charge in [-0.1, -0.05) is 17.7 Å². The van der Waals surface area contributed by atoms with E-state index in [9.17, 15) is 13.7 Å². The van der Waals surface area contributed by atoms with Crippen LogP contribution in [0.3, 0.4) is 0 Å². The molecule has 1 fully saturated rings. The Balaban J connectivity index is 1.78. The third-order valence-electron chi connectivity index (χ3n) is 5.08. The number of hydrogen-bond acceptors (Lipinski definition) is 6. The van der Waals surface area contributed by atoms with Crippen LogP contribution >= 0.6 is 11.6 Å². The first-order valence-corrected chi connectivity index (χ1v) is 10.2. The van der Waals surface area contributed by atoms with Gasteiger partial charge in [0.2, 0.25) is 6.79 Å². The Kier molecular flexibility index (Phi) is 4.30. The van der Waals surface area contributed by atoms with Crippen LogP contribution in [0.4, 0.5) is 0 Å². The molecule has 2 aromatic carbocycles. The van der Waals surface area contributed by atoms with Gasteiger partial charge in [0, 0.05) is 18.1 Å². The van der Waals surface area contributed by atoms with Gasteiger partial charge in [-0.3, -0.25) is 0 Å². The zero-order valence-electron chi connectivity index (χ0n) is 14.4. The maximum atomic E-state index is 13.3. The first kappa shape index (κ1) is 18.1. The molecule has 0 bridgehead atoms. The highest BCUT2D eigenvalue weighted by molar-refractivity contribution is 7.92. The molecule has 1 saturated carbocycles. The van der Waals surface area contributed by atoms with Crippen LogP contribution < -0.4 is 9.47 Å². The summed E-state index contributed by atoms with van der Waals surface area (Å²) in [5.41, 5.74) is -0.457. The predicted octanol–water partition coefficient (Wildman–Crippen LogP) is 3.16. The van der Waals surface area contributed by atoms with Crippen LogP contribution in [0.5, 0.6) is 11.5 Å². The van der Waals surface area contributed by atoms with Gasteiger partial charge in [-0.15, -0.1) is 0 Å². The smallest absolute Gasteiger partial charge is 0.231 e. The van der Waals surface area contributed by atoms with Gasteiger partial charge in [0.05, 0.1) is 22.8 Å². The topological polar surface area (TPSA) is 85.6 Å². The van der Waals surface area contributed by atoms with E-state index in [-0.39, 0.29) is 18.3 Å². The minimum absolute atomic E-state index is 0.0140. The summed E-state index contributed by atoms with van der Waals surface area (Å²) in [6.45, 7) is 0.136. The number of methoxy groups -OCH3 is 1. The largest absolute Gasteiger partial charge is 0.454 e. The number of ether oxygens (including phenoxy) is 3. The van der Waals surface area contributed by atoms with Gasteiger partial charge in [0.25, 0.3) is 0 Å². The zero-order chi connectivity index (χ0) is 19.2. The highest BCUT2D eigenvalue weighted by Crippen LogP contribution is 2.64. The van der Waals surface area contributed by atoms with E-state index in [0.29, 0.717) is 22.1 Å². The van der Waals surface area contributed by atoms with Crippen molar-refractivity contribution in [1.29, 1.82) is 5.26 Å². The van der Waals surface area contributed by atoms with Crippen LogP contribution in [-0.2, 0) is 14.6 Å². The molecule has 3 atom stereocenters. The first-order valence-electron chi connectivity index (χ1n) is 8.23. The maximum Gasteiger partial charge on any atom is 0.231 e. The third-order valence-corrected chi connectivity index (χ3v) is 7.62. The van der Waals surface area contributed by atoms with E-state index in [1.54, 1.807) is 18.2 Å². The van der Waals surface area contributed by atoms with E-state index in [0.717, 1.165) is 0 Å². The number of nitrogens with zero attached hydrogens (tertiary/aromatic N) is 1. The fraction of sp³-hybridized carbons (Fsp3) is 0.316. The van der Waals surface area contributed by atoms with Crippen LogP contribution in [0.1, 0.15) is 11.5 Å². The summed E-state index contributed by atoms with van der Waals surface area (Å²) in [4.78, 5) is 0.135. The van der Waals surface area contributed by atoms with E-state index in [1.165, 1.54) is 31.4 Å². The van der Waals surface area contributed by atoms with Gasteiger partial charge in [0.1, 0.15) is 5.41 Å². The Morgan fingerprint density at radius 3 is 2.59 bits per heavy atom. The highest BCUT2D eigenvalue weighted by atomic mass is 35.5. The molecule has 4 rings (SSSR count). The van der Waals surface area contributed by atoms with Crippen molar-refractivity contribution in [1.82, 2.24) is 0 Å². The summed E-state index contributed by atoms with van der Waals surface area (Å²) in [5.74, 6) is 0.620. The number of benzene rings is 2. The molecule has 0 aromatic heterocycles. The molecule has 1 heterocycles. The molecule has 0 saturated heterocycles. The number of hydrogen-bond donors (Lipinski definition) is 0. The molecule has 0 spiro atoms. The molecule has 2 aromatic rings. The van der Waals surface area contributed by atoms with E-state index in [2.05, 4.69) is 6.07 Å². The van der Waals surface area contributed by atoms with Gasteiger partial charge < -0.3 is 14.2 Å². The Morgan fingerprint density at radius 1 is 1.22 bits per heavy atom. The minimum atomic E-state index is -3.77. The molecular weight excluding hydrogens is 390 g/mol. The molecule has 0 amide bonds. The molecular formula is C19H16ClNO5S. The summed E-state index contributed by atoms with van der Waals surface area (Å²) in [6, 6.07) is 13.4. The van der Waals surface area contributed by atoms with Crippen molar-refractivity contribution in [2.45, 2.75) is 16.1 Å². The molecule has 0 unspecified atom stereocenters. The van der Waals surface area contributed by atoms with Gasteiger partial charge >= 0.3 is 0 Å². The first-order chi connectivity index (χ1) is 12.9. The van der Waals surface area contributed by atoms with E-state index in [1.807, 2.05) is 0 Å². The summed E-state index contributed by atoms with van der Waals surface area (Å²) < 4.78 is 42.5. The summed E-state index contributed by atoms with van der Waals surface area (Å²) in [6.07, 6.45) is 0. The van der Waals surface area contributed by atoms with Crippen molar-refractivity contribution in [2.75, 3.05) is 20.5 Å². The molecule has 1 aliphatic carbocycles. The predicted molar refractivity (Wildman–Crippen MR) is 97.7 cm³/mol. The monoisotopic (exact) mass is 405 g/mol. The number of nitriles is 1. The Morgan fingerprint density at radius 2 is 1.93 bits per heavy atom. The van der Waals surface area contributed by atoms with E-state index in [4.69, 9.17) is 25.8 Å². The van der Waals surface area contributed by atoms with Crippen molar-refractivity contribution in [2.24, 2.45) is 5.41 Å². The summed E-state index contributed by atoms with van der Waals surface area (Å²) in [7, 11) is -2.31.